The van der Waals surface area contributed by atoms with Gasteiger partial charge >= 0.3 is 6.18 Å². The lowest BCUT2D eigenvalue weighted by Gasteiger charge is -2.10. The molecule has 0 bridgehead atoms. The summed E-state index contributed by atoms with van der Waals surface area (Å²) in [7, 11) is 0. The maximum atomic E-state index is 12.9. The summed E-state index contributed by atoms with van der Waals surface area (Å²) >= 11 is 4.01. The van der Waals surface area contributed by atoms with E-state index in [9.17, 15) is 18.0 Å². The predicted molar refractivity (Wildman–Crippen MR) is 78.4 cm³/mol. The number of nitrogens with one attached hydrogen (secondary N) is 1. The number of thiophene rings is 1. The molecular weight excluding hydrogens is 369 g/mol. The minimum absolute atomic E-state index is 0.0177. The van der Waals surface area contributed by atoms with Crippen molar-refractivity contribution < 1.29 is 13.2 Å². The Morgan fingerprint density at radius 3 is 2.67 bits per heavy atom. The molecule has 3 rings (SSSR count). The van der Waals surface area contributed by atoms with Gasteiger partial charge in [-0.05, 0) is 23.8 Å². The lowest BCUT2D eigenvalue weighted by Crippen LogP contribution is -2.05. The van der Waals surface area contributed by atoms with E-state index in [1.807, 2.05) is 0 Å². The van der Waals surface area contributed by atoms with Gasteiger partial charge in [-0.15, -0.1) is 11.3 Å². The number of aromatic nitrogens is 2. The second kappa shape index (κ2) is 4.96. The smallest absolute Gasteiger partial charge is 0.312 e. The molecule has 0 aliphatic rings. The molecule has 2 aromatic heterocycles. The van der Waals surface area contributed by atoms with Crippen molar-refractivity contribution in [1.29, 1.82) is 0 Å². The second-order valence-corrected chi connectivity index (χ2v) is 6.16. The van der Waals surface area contributed by atoms with Crippen LogP contribution in [0.25, 0.3) is 20.7 Å². The molecule has 1 N–H and O–H groups in total. The first-order valence-corrected chi connectivity index (χ1v) is 7.31. The van der Waals surface area contributed by atoms with Crippen molar-refractivity contribution in [2.45, 2.75) is 6.18 Å². The molecule has 0 spiro atoms. The minimum Gasteiger partial charge on any atom is -0.312 e. The van der Waals surface area contributed by atoms with Gasteiger partial charge in [0.2, 0.25) is 0 Å². The highest BCUT2D eigenvalue weighted by molar-refractivity contribution is 9.10. The molecule has 0 fully saturated rings. The second-order valence-electron chi connectivity index (χ2n) is 4.25. The third-order valence-electron chi connectivity index (χ3n) is 2.87. The molecule has 3 aromatic rings. The average molecular weight is 375 g/mol. The molecule has 0 unspecified atom stereocenters. The molecule has 1 aromatic carbocycles. The van der Waals surface area contributed by atoms with E-state index in [4.69, 9.17) is 0 Å². The van der Waals surface area contributed by atoms with Gasteiger partial charge in [-0.2, -0.15) is 13.2 Å². The van der Waals surface area contributed by atoms with Crippen LogP contribution in [0.5, 0.6) is 0 Å². The Labute approximate surface area is 128 Å². The highest BCUT2D eigenvalue weighted by Crippen LogP contribution is 2.39. The Morgan fingerprint density at radius 1 is 1.24 bits per heavy atom. The fourth-order valence-electron chi connectivity index (χ4n) is 1.90. The molecule has 2 heterocycles. The number of hydrogen-bond acceptors (Lipinski definition) is 3. The van der Waals surface area contributed by atoms with Crippen LogP contribution in [0.4, 0.5) is 13.2 Å². The number of fused-ring (bicyclic) bond motifs is 1. The summed E-state index contributed by atoms with van der Waals surface area (Å²) in [6.07, 6.45) is -3.18. The molecule has 0 aliphatic heterocycles. The number of aromatic amines is 1. The van der Waals surface area contributed by atoms with E-state index in [1.54, 1.807) is 12.1 Å². The zero-order chi connectivity index (χ0) is 15.2. The van der Waals surface area contributed by atoms with Crippen LogP contribution in [-0.2, 0) is 6.18 Å². The van der Waals surface area contributed by atoms with Crippen LogP contribution in [0, 0.1) is 0 Å². The van der Waals surface area contributed by atoms with Gasteiger partial charge in [0.25, 0.3) is 5.56 Å². The molecule has 108 valence electrons. The van der Waals surface area contributed by atoms with Gasteiger partial charge in [-0.1, -0.05) is 22.0 Å². The number of rotatable bonds is 1. The van der Waals surface area contributed by atoms with Gasteiger partial charge in [-0.25, -0.2) is 4.98 Å². The van der Waals surface area contributed by atoms with E-state index in [0.29, 0.717) is 20.7 Å². The monoisotopic (exact) mass is 374 g/mol. The minimum atomic E-state index is -4.44. The molecule has 3 nitrogen and oxygen atoms in total. The highest BCUT2D eigenvalue weighted by Gasteiger charge is 2.33. The number of hydrogen-bond donors (Lipinski definition) is 1. The maximum Gasteiger partial charge on any atom is 0.417 e. The molecule has 8 heteroatoms. The van der Waals surface area contributed by atoms with Crippen molar-refractivity contribution in [1.82, 2.24) is 9.97 Å². The van der Waals surface area contributed by atoms with Crippen molar-refractivity contribution >= 4 is 37.5 Å². The summed E-state index contributed by atoms with van der Waals surface area (Å²) < 4.78 is 39.1. The SMILES string of the molecule is O=c1[nH]cnc2cc(-c3ccc(Br)c(C(F)(F)F)c3)sc12. The average Bonchev–Trinajstić information content (AvgIpc) is 2.83. The summed E-state index contributed by atoms with van der Waals surface area (Å²) in [5.41, 5.74) is -0.188. The van der Waals surface area contributed by atoms with Crippen LogP contribution in [-0.4, -0.2) is 9.97 Å². The fraction of sp³-hybridized carbons (Fsp3) is 0.0769. The van der Waals surface area contributed by atoms with Crippen molar-refractivity contribution in [2.75, 3.05) is 0 Å². The quantitative estimate of drug-likeness (QED) is 0.684. The molecule has 21 heavy (non-hydrogen) atoms. The van der Waals surface area contributed by atoms with E-state index in [0.717, 1.165) is 17.4 Å². The van der Waals surface area contributed by atoms with Gasteiger partial charge in [0.15, 0.2) is 0 Å². The number of nitrogens with zero attached hydrogens (tertiary/aromatic N) is 1. The van der Waals surface area contributed by atoms with Crippen LogP contribution < -0.4 is 5.56 Å². The summed E-state index contributed by atoms with van der Waals surface area (Å²) in [5.74, 6) is 0. The number of benzene rings is 1. The third-order valence-corrected chi connectivity index (χ3v) is 4.74. The summed E-state index contributed by atoms with van der Waals surface area (Å²) in [5, 5.41) is 0. The molecule has 0 saturated heterocycles. The lowest BCUT2D eigenvalue weighted by molar-refractivity contribution is -0.138. The largest absolute Gasteiger partial charge is 0.417 e. The Morgan fingerprint density at radius 2 is 2.00 bits per heavy atom. The number of alkyl halides is 3. The van der Waals surface area contributed by atoms with Gasteiger partial charge in [0.05, 0.1) is 17.4 Å². The Kier molecular flexibility index (Phi) is 3.37. The summed E-state index contributed by atoms with van der Waals surface area (Å²) in [6.45, 7) is 0. The van der Waals surface area contributed by atoms with E-state index >= 15 is 0 Å². The van der Waals surface area contributed by atoms with E-state index in [-0.39, 0.29) is 10.0 Å². The first-order valence-electron chi connectivity index (χ1n) is 5.70. The zero-order valence-electron chi connectivity index (χ0n) is 10.2. The van der Waals surface area contributed by atoms with Crippen LogP contribution in [0.1, 0.15) is 5.56 Å². The van der Waals surface area contributed by atoms with Crippen molar-refractivity contribution in [3.05, 3.63) is 51.0 Å². The first kappa shape index (κ1) is 14.3. The maximum absolute atomic E-state index is 12.9. The summed E-state index contributed by atoms with van der Waals surface area (Å²) in [6, 6.07) is 5.58. The molecule has 0 amide bonds. The molecule has 0 atom stereocenters. The molecule has 0 radical (unpaired) electrons. The zero-order valence-corrected chi connectivity index (χ0v) is 12.6. The summed E-state index contributed by atoms with van der Waals surface area (Å²) in [4.78, 5) is 18.6. The highest BCUT2D eigenvalue weighted by atomic mass is 79.9. The topological polar surface area (TPSA) is 45.8 Å². The Hall–Kier alpha value is -1.67. The first-order chi connectivity index (χ1) is 9.86. The van der Waals surface area contributed by atoms with Crippen molar-refractivity contribution in [3.8, 4) is 10.4 Å². The van der Waals surface area contributed by atoms with Crippen LogP contribution in [0.2, 0.25) is 0 Å². The van der Waals surface area contributed by atoms with E-state index < -0.39 is 11.7 Å². The molecule has 0 aliphatic carbocycles. The van der Waals surface area contributed by atoms with Crippen LogP contribution in [0.3, 0.4) is 0 Å². The van der Waals surface area contributed by atoms with Gasteiger partial charge in [-0.3, -0.25) is 4.79 Å². The molecular formula is C13H6BrF3N2OS. The number of halogens is 4. The third kappa shape index (κ3) is 2.60. The number of H-pyrrole nitrogens is 1. The standard InChI is InChI=1S/C13H6BrF3N2OS/c14-8-2-1-6(3-7(8)13(15,16)17)10-4-9-11(21-10)12(20)19-5-18-9/h1-5H,(H,18,19,20). The van der Waals surface area contributed by atoms with Crippen molar-refractivity contribution in [3.63, 3.8) is 0 Å². The van der Waals surface area contributed by atoms with E-state index in [1.165, 1.54) is 12.4 Å². The lowest BCUT2D eigenvalue weighted by atomic mass is 10.1. The predicted octanol–water partition coefficient (Wildman–Crippen LogP) is 4.43. The molecule has 0 saturated carbocycles. The van der Waals surface area contributed by atoms with Gasteiger partial charge < -0.3 is 4.98 Å². The van der Waals surface area contributed by atoms with Crippen LogP contribution in [0.15, 0.2) is 39.9 Å². The fourth-order valence-corrected chi connectivity index (χ4v) is 3.38. The Bertz CT molecular complexity index is 885. The van der Waals surface area contributed by atoms with E-state index in [2.05, 4.69) is 25.9 Å². The van der Waals surface area contributed by atoms with Crippen LogP contribution >= 0.6 is 27.3 Å². The van der Waals surface area contributed by atoms with Crippen molar-refractivity contribution in [2.24, 2.45) is 0 Å². The Balaban J connectivity index is 2.19. The normalized spacial score (nSPS) is 12.0. The van der Waals surface area contributed by atoms with Gasteiger partial charge in [0, 0.05) is 9.35 Å². The van der Waals surface area contributed by atoms with Gasteiger partial charge in [0.1, 0.15) is 4.70 Å².